The zero-order chi connectivity index (χ0) is 31.3. The van der Waals surface area contributed by atoms with Crippen LogP contribution >= 0.6 is 23.2 Å². The summed E-state index contributed by atoms with van der Waals surface area (Å²) in [7, 11) is -4.17. The molecular formula is C33H39Cl2N3O4S. The summed E-state index contributed by atoms with van der Waals surface area (Å²) in [6.07, 6.45) is 4.19. The predicted molar refractivity (Wildman–Crippen MR) is 173 cm³/mol. The van der Waals surface area contributed by atoms with Crippen LogP contribution in [-0.4, -0.2) is 43.8 Å². The molecule has 2 amide bonds. The molecule has 0 bridgehead atoms. The summed E-state index contributed by atoms with van der Waals surface area (Å²) >= 11 is 13.0. The molecule has 4 rings (SSSR count). The Balaban J connectivity index is 1.78. The van der Waals surface area contributed by atoms with Crippen molar-refractivity contribution >= 4 is 50.7 Å². The number of rotatable bonds is 11. The number of benzene rings is 3. The van der Waals surface area contributed by atoms with Crippen molar-refractivity contribution in [3.8, 4) is 0 Å². The van der Waals surface area contributed by atoms with Gasteiger partial charge in [0.1, 0.15) is 12.6 Å². The van der Waals surface area contributed by atoms with E-state index in [4.69, 9.17) is 23.2 Å². The molecule has 3 aromatic carbocycles. The largest absolute Gasteiger partial charge is 0.352 e. The minimum Gasteiger partial charge on any atom is -0.352 e. The molecular weight excluding hydrogens is 605 g/mol. The highest BCUT2D eigenvalue weighted by Gasteiger charge is 2.35. The van der Waals surface area contributed by atoms with Crippen LogP contribution in [0.2, 0.25) is 10.0 Å². The molecule has 1 atom stereocenters. The van der Waals surface area contributed by atoms with Crippen LogP contribution in [0.5, 0.6) is 0 Å². The van der Waals surface area contributed by atoms with Crippen LogP contribution in [0.4, 0.5) is 5.69 Å². The van der Waals surface area contributed by atoms with E-state index < -0.39 is 28.5 Å². The van der Waals surface area contributed by atoms with E-state index in [9.17, 15) is 18.0 Å². The third kappa shape index (κ3) is 7.54. The van der Waals surface area contributed by atoms with Crippen molar-refractivity contribution in [1.82, 2.24) is 10.2 Å². The van der Waals surface area contributed by atoms with E-state index in [-0.39, 0.29) is 23.4 Å². The normalized spacial score (nSPS) is 14.4. The van der Waals surface area contributed by atoms with Gasteiger partial charge < -0.3 is 10.2 Å². The van der Waals surface area contributed by atoms with Gasteiger partial charge in [-0.3, -0.25) is 13.9 Å². The van der Waals surface area contributed by atoms with Crippen molar-refractivity contribution in [1.29, 1.82) is 0 Å². The van der Waals surface area contributed by atoms with Crippen molar-refractivity contribution < 1.29 is 18.0 Å². The molecule has 0 unspecified atom stereocenters. The van der Waals surface area contributed by atoms with Crippen molar-refractivity contribution in [2.75, 3.05) is 10.8 Å². The number of carbonyl (C=O) groups is 2. The second kappa shape index (κ2) is 14.1. The quantitative estimate of drug-likeness (QED) is 0.244. The van der Waals surface area contributed by atoms with E-state index in [0.29, 0.717) is 27.7 Å². The van der Waals surface area contributed by atoms with Gasteiger partial charge in [-0.2, -0.15) is 0 Å². The van der Waals surface area contributed by atoms with E-state index in [0.717, 1.165) is 46.7 Å². The fraction of sp³-hybridized carbons (Fsp3) is 0.394. The topological polar surface area (TPSA) is 86.8 Å². The highest BCUT2D eigenvalue weighted by atomic mass is 35.5. The number of halogens is 2. The molecule has 43 heavy (non-hydrogen) atoms. The maximum atomic E-state index is 14.4. The maximum Gasteiger partial charge on any atom is 0.264 e. The Morgan fingerprint density at radius 2 is 1.53 bits per heavy atom. The van der Waals surface area contributed by atoms with Gasteiger partial charge in [0.25, 0.3) is 10.0 Å². The van der Waals surface area contributed by atoms with Crippen LogP contribution in [-0.2, 0) is 26.2 Å². The first-order chi connectivity index (χ1) is 20.4. The predicted octanol–water partition coefficient (Wildman–Crippen LogP) is 6.98. The maximum absolute atomic E-state index is 14.4. The number of hydrogen-bond acceptors (Lipinski definition) is 4. The van der Waals surface area contributed by atoms with E-state index in [1.807, 2.05) is 33.8 Å². The molecule has 0 spiro atoms. The van der Waals surface area contributed by atoms with Gasteiger partial charge in [0.2, 0.25) is 11.8 Å². The lowest BCUT2D eigenvalue weighted by atomic mass is 10.1. The van der Waals surface area contributed by atoms with Gasteiger partial charge >= 0.3 is 0 Å². The molecule has 230 valence electrons. The third-order valence-corrected chi connectivity index (χ3v) is 10.7. The molecule has 1 N–H and O–H groups in total. The molecule has 7 nitrogen and oxygen atoms in total. The Hall–Kier alpha value is -3.07. The highest BCUT2D eigenvalue weighted by molar-refractivity contribution is 7.92. The Morgan fingerprint density at radius 3 is 2.14 bits per heavy atom. The number of sulfonamides is 1. The second-order valence-corrected chi connectivity index (χ2v) is 13.9. The standard InChI is InChI=1S/C33H39Cl2N3O4S/c1-5-30(33(40)36-25-11-6-7-12-25)37(20-27-28(34)13-9-14-29(27)35)32(39)21-38(31-15-8-10-23(3)24(31)4)43(41,42)26-18-16-22(2)17-19-26/h8-10,13-19,25,30H,5-7,11-12,20-21H2,1-4H3,(H,36,40)/t30-/m0/s1. The summed E-state index contributed by atoms with van der Waals surface area (Å²) in [5.41, 5.74) is 3.42. The van der Waals surface area contributed by atoms with Gasteiger partial charge in [0, 0.05) is 28.2 Å². The molecule has 1 aliphatic carbocycles. The van der Waals surface area contributed by atoms with Crippen LogP contribution in [0.1, 0.15) is 61.3 Å². The van der Waals surface area contributed by atoms with Crippen LogP contribution in [0, 0.1) is 20.8 Å². The molecule has 0 radical (unpaired) electrons. The summed E-state index contributed by atoms with van der Waals surface area (Å²) in [5.74, 6) is -0.813. The van der Waals surface area contributed by atoms with Gasteiger partial charge in [-0.15, -0.1) is 0 Å². The molecule has 1 fully saturated rings. The SMILES string of the molecule is CC[C@@H](C(=O)NC1CCCC1)N(Cc1c(Cl)cccc1Cl)C(=O)CN(c1cccc(C)c1C)S(=O)(=O)c1ccc(C)cc1. The van der Waals surface area contributed by atoms with Gasteiger partial charge in [0.15, 0.2) is 0 Å². The highest BCUT2D eigenvalue weighted by Crippen LogP contribution is 2.31. The van der Waals surface area contributed by atoms with Gasteiger partial charge in [-0.1, -0.05) is 78.9 Å². The Bertz CT molecular complexity index is 1550. The Kier molecular flexibility index (Phi) is 10.8. The Morgan fingerprint density at radius 1 is 0.930 bits per heavy atom. The van der Waals surface area contributed by atoms with Gasteiger partial charge in [-0.25, -0.2) is 8.42 Å². The molecule has 1 aliphatic rings. The average molecular weight is 645 g/mol. The summed E-state index contributed by atoms with van der Waals surface area (Å²) in [6.45, 7) is 6.86. The van der Waals surface area contributed by atoms with Crippen molar-refractivity contribution in [3.05, 3.63) is 93.0 Å². The fourth-order valence-electron chi connectivity index (χ4n) is 5.50. The van der Waals surface area contributed by atoms with Crippen LogP contribution in [0.25, 0.3) is 0 Å². The number of hydrogen-bond donors (Lipinski definition) is 1. The summed E-state index contributed by atoms with van der Waals surface area (Å²) in [5, 5.41) is 3.83. The second-order valence-electron chi connectivity index (χ2n) is 11.2. The fourth-order valence-corrected chi connectivity index (χ4v) is 7.49. The lowest BCUT2D eigenvalue weighted by molar-refractivity contribution is -0.140. The first-order valence-electron chi connectivity index (χ1n) is 14.6. The molecule has 0 heterocycles. The van der Waals surface area contributed by atoms with Crippen molar-refractivity contribution in [2.24, 2.45) is 0 Å². The zero-order valence-electron chi connectivity index (χ0n) is 25.1. The molecule has 1 saturated carbocycles. The molecule has 0 aliphatic heterocycles. The smallest absolute Gasteiger partial charge is 0.264 e. The third-order valence-electron chi connectivity index (χ3n) is 8.21. The van der Waals surface area contributed by atoms with E-state index in [2.05, 4.69) is 5.32 Å². The molecule has 3 aromatic rings. The number of aryl methyl sites for hydroxylation is 2. The van der Waals surface area contributed by atoms with E-state index in [1.165, 1.54) is 4.90 Å². The van der Waals surface area contributed by atoms with Crippen molar-refractivity contribution in [3.63, 3.8) is 0 Å². The number of nitrogens with zero attached hydrogens (tertiary/aromatic N) is 2. The first kappa shape index (κ1) is 32.8. The minimum absolute atomic E-state index is 0.0516. The molecule has 10 heteroatoms. The van der Waals surface area contributed by atoms with Crippen molar-refractivity contribution in [2.45, 2.75) is 83.3 Å². The number of amides is 2. The summed E-state index contributed by atoms with van der Waals surface area (Å²) in [6, 6.07) is 16.1. The zero-order valence-corrected chi connectivity index (χ0v) is 27.4. The number of carbonyl (C=O) groups excluding carboxylic acids is 2. The lowest BCUT2D eigenvalue weighted by Crippen LogP contribution is -2.53. The average Bonchev–Trinajstić information content (AvgIpc) is 3.48. The minimum atomic E-state index is -4.17. The van der Waals surface area contributed by atoms with Crippen LogP contribution in [0.3, 0.4) is 0 Å². The van der Waals surface area contributed by atoms with Crippen LogP contribution in [0.15, 0.2) is 65.6 Å². The first-order valence-corrected chi connectivity index (χ1v) is 16.8. The summed E-state index contributed by atoms with van der Waals surface area (Å²) in [4.78, 5) is 29.5. The monoisotopic (exact) mass is 643 g/mol. The molecule has 0 aromatic heterocycles. The van der Waals surface area contributed by atoms with Gasteiger partial charge in [0.05, 0.1) is 10.6 Å². The van der Waals surface area contributed by atoms with E-state index >= 15 is 0 Å². The molecule has 0 saturated heterocycles. The van der Waals surface area contributed by atoms with Crippen LogP contribution < -0.4 is 9.62 Å². The summed E-state index contributed by atoms with van der Waals surface area (Å²) < 4.78 is 29.5. The number of nitrogens with one attached hydrogen (secondary N) is 1. The van der Waals surface area contributed by atoms with Gasteiger partial charge in [-0.05, 0) is 81.5 Å². The Labute approximate surface area is 265 Å². The number of anilines is 1. The van der Waals surface area contributed by atoms with E-state index in [1.54, 1.807) is 54.6 Å². The lowest BCUT2D eigenvalue weighted by Gasteiger charge is -2.34.